The van der Waals surface area contributed by atoms with Crippen molar-refractivity contribution in [2.24, 2.45) is 0 Å². The van der Waals surface area contributed by atoms with Crippen LogP contribution < -0.4 is 10.3 Å². The maximum Gasteiger partial charge on any atom is 0.278 e. The summed E-state index contributed by atoms with van der Waals surface area (Å²) in [6.07, 6.45) is 0.725. The van der Waals surface area contributed by atoms with Crippen LogP contribution in [0.15, 0.2) is 29.1 Å². The number of rotatable bonds is 4. The predicted molar refractivity (Wildman–Crippen MR) is 98.0 cm³/mol. The van der Waals surface area contributed by atoms with Gasteiger partial charge in [-0.15, -0.1) is 0 Å². The summed E-state index contributed by atoms with van der Waals surface area (Å²) in [6.45, 7) is 10.5. The first kappa shape index (κ1) is 25.2. The second-order valence-electron chi connectivity index (χ2n) is 4.64. The molecule has 1 aromatic carbocycles. The van der Waals surface area contributed by atoms with E-state index in [0.29, 0.717) is 17.9 Å². The molecule has 1 heterocycles. The molecule has 0 saturated carbocycles. The maximum atomic E-state index is 12.6. The van der Waals surface area contributed by atoms with E-state index in [1.165, 1.54) is 4.68 Å². The number of nitrogens with zero attached hydrogens (tertiary/aromatic N) is 2. The first-order valence-corrected chi connectivity index (χ1v) is 7.88. The van der Waals surface area contributed by atoms with Crippen LogP contribution in [0, 0.1) is 14.4 Å². The van der Waals surface area contributed by atoms with Crippen LogP contribution >= 0.6 is 0 Å². The van der Waals surface area contributed by atoms with Gasteiger partial charge in [-0.1, -0.05) is 45.0 Å². The summed E-state index contributed by atoms with van der Waals surface area (Å²) >= 11 is 0. The van der Waals surface area contributed by atoms with Crippen LogP contribution in [0.1, 0.15) is 39.0 Å². The number of benzene rings is 1. The van der Waals surface area contributed by atoms with E-state index < -0.39 is 0 Å². The summed E-state index contributed by atoms with van der Waals surface area (Å²) < 4.78 is 6.98. The Labute approximate surface area is 171 Å². The average molecular weight is 406 g/mol. The van der Waals surface area contributed by atoms with Crippen molar-refractivity contribution in [2.75, 3.05) is 7.11 Å². The van der Waals surface area contributed by atoms with Crippen LogP contribution in [0.3, 0.4) is 0 Å². The second-order valence-corrected chi connectivity index (χ2v) is 4.64. The Morgan fingerprint density at radius 1 is 1.17 bits per heavy atom. The molecule has 0 bridgehead atoms. The monoisotopic (exact) mass is 406 g/mol. The van der Waals surface area contributed by atoms with Gasteiger partial charge in [-0.05, 0) is 31.4 Å². The molecule has 0 fully saturated rings. The molecular weight excluding hydrogens is 377 g/mol. The zero-order valence-electron chi connectivity index (χ0n) is 16.0. The Hall–Kier alpha value is -0.996. The Kier molecular flexibility index (Phi) is 13.0. The zero-order valence-corrected chi connectivity index (χ0v) is 18.9. The number of aryl methyl sites for hydroxylation is 3. The van der Waals surface area contributed by atoms with Gasteiger partial charge in [0, 0.05) is 39.3 Å². The summed E-state index contributed by atoms with van der Waals surface area (Å²) in [6, 6.07) is 7.85. The Morgan fingerprint density at radius 2 is 1.75 bits per heavy atom. The molecule has 2 aromatic rings. The van der Waals surface area contributed by atoms with Crippen LogP contribution in [0.4, 0.5) is 0 Å². The molecule has 5 heteroatoms. The number of hydrogen-bond donors (Lipinski definition) is 0. The van der Waals surface area contributed by atoms with Crippen molar-refractivity contribution in [3.05, 3.63) is 53.3 Å². The van der Waals surface area contributed by atoms with Crippen molar-refractivity contribution in [3.8, 4) is 16.9 Å². The van der Waals surface area contributed by atoms with Crippen LogP contribution in [0.2, 0.25) is 0 Å². The maximum absolute atomic E-state index is 12.6. The van der Waals surface area contributed by atoms with Gasteiger partial charge in [0.1, 0.15) is 5.69 Å². The van der Waals surface area contributed by atoms with Gasteiger partial charge in [-0.25, -0.2) is 4.68 Å². The molecule has 0 atom stereocenters. The Morgan fingerprint density at radius 3 is 2.21 bits per heavy atom. The van der Waals surface area contributed by atoms with Gasteiger partial charge in [0.15, 0.2) is 5.75 Å². The van der Waals surface area contributed by atoms with Crippen LogP contribution in [-0.4, -0.2) is 16.9 Å². The molecule has 0 aliphatic rings. The minimum Gasteiger partial charge on any atom is -0.494 e. The first-order chi connectivity index (χ1) is 10.6. The van der Waals surface area contributed by atoms with E-state index in [2.05, 4.69) is 5.10 Å². The normalized spacial score (nSPS) is 9.08. The van der Waals surface area contributed by atoms with Gasteiger partial charge in [0.05, 0.1) is 12.7 Å². The van der Waals surface area contributed by atoms with E-state index in [9.17, 15) is 4.79 Å². The molecule has 0 saturated heterocycles. The molecule has 0 aliphatic carbocycles. The van der Waals surface area contributed by atoms with E-state index in [-0.39, 0.29) is 45.7 Å². The molecule has 1 radical (unpaired) electrons. The number of ether oxygens (including phenoxy) is 1. The van der Waals surface area contributed by atoms with Crippen molar-refractivity contribution < 1.29 is 37.4 Å². The fraction of sp³-hybridized carbons (Fsp3) is 0.421. The molecule has 0 N–H and O–H groups in total. The third-order valence-corrected chi connectivity index (χ3v) is 3.43. The molecule has 4 nitrogen and oxygen atoms in total. The van der Waals surface area contributed by atoms with E-state index in [1.807, 2.05) is 58.9 Å². The predicted octanol–water partition coefficient (Wildman–Crippen LogP) is 4.28. The van der Waals surface area contributed by atoms with Gasteiger partial charge >= 0.3 is 0 Å². The fourth-order valence-corrected chi connectivity index (χ4v) is 2.36. The largest absolute Gasteiger partial charge is 0.494 e. The van der Waals surface area contributed by atoms with Crippen molar-refractivity contribution in [1.82, 2.24) is 9.78 Å². The number of hydrogen-bond acceptors (Lipinski definition) is 3. The van der Waals surface area contributed by atoms with Gasteiger partial charge in [-0.3, -0.25) is 4.79 Å². The topological polar surface area (TPSA) is 44.1 Å². The quantitative estimate of drug-likeness (QED) is 0.712. The summed E-state index contributed by atoms with van der Waals surface area (Å²) in [7, 11) is 1.59. The molecule has 2 rings (SSSR count). The summed E-state index contributed by atoms with van der Waals surface area (Å²) in [5, 5.41) is 4.38. The van der Waals surface area contributed by atoms with Crippen molar-refractivity contribution in [3.63, 3.8) is 0 Å². The SMILES string of the molecule is CC.CCc1nn(CC)c(=O)c(-c2ccccc2C)c1OC.[CH3-].[Y]. The van der Waals surface area contributed by atoms with E-state index in [1.54, 1.807) is 7.11 Å². The average Bonchev–Trinajstić information content (AvgIpc) is 2.57. The molecule has 24 heavy (non-hydrogen) atoms. The minimum absolute atomic E-state index is 0. The van der Waals surface area contributed by atoms with Crippen molar-refractivity contribution in [1.29, 1.82) is 0 Å². The zero-order chi connectivity index (χ0) is 16.7. The fourth-order valence-electron chi connectivity index (χ4n) is 2.36. The molecule has 0 unspecified atom stereocenters. The van der Waals surface area contributed by atoms with Gasteiger partial charge in [0.2, 0.25) is 0 Å². The molecular formula is C19H29N2O2Y-. The minimum atomic E-state index is -0.101. The van der Waals surface area contributed by atoms with Crippen LogP contribution in [0.5, 0.6) is 5.75 Å². The smallest absolute Gasteiger partial charge is 0.278 e. The summed E-state index contributed by atoms with van der Waals surface area (Å²) in [5.74, 6) is 0.594. The Balaban J connectivity index is 0. The van der Waals surface area contributed by atoms with Crippen LogP contribution in [0.25, 0.3) is 11.1 Å². The third kappa shape index (κ3) is 5.25. The third-order valence-electron chi connectivity index (χ3n) is 3.43. The number of methoxy groups -OCH3 is 1. The van der Waals surface area contributed by atoms with E-state index in [0.717, 1.165) is 23.2 Å². The van der Waals surface area contributed by atoms with Crippen LogP contribution in [-0.2, 0) is 45.7 Å². The van der Waals surface area contributed by atoms with Crippen molar-refractivity contribution >= 4 is 0 Å². The van der Waals surface area contributed by atoms with Gasteiger partial charge < -0.3 is 12.2 Å². The standard InChI is InChI=1S/C16H20N2O2.C2H6.CH3.Y/c1-5-13-15(20-4)14(16(19)18(6-2)17-13)12-10-8-7-9-11(12)3;1-2;;/h7-10H,5-6H2,1-4H3;1-2H3;1H3;/q;;-1;. The van der Waals surface area contributed by atoms with Gasteiger partial charge in [0.25, 0.3) is 5.56 Å². The summed E-state index contributed by atoms with van der Waals surface area (Å²) in [4.78, 5) is 12.6. The van der Waals surface area contributed by atoms with E-state index in [4.69, 9.17) is 4.74 Å². The summed E-state index contributed by atoms with van der Waals surface area (Å²) in [5.41, 5.74) is 3.29. The molecule has 1 aromatic heterocycles. The number of aromatic nitrogens is 2. The second kappa shape index (κ2) is 12.4. The van der Waals surface area contributed by atoms with E-state index >= 15 is 0 Å². The molecule has 0 amide bonds. The first-order valence-electron chi connectivity index (χ1n) is 7.88. The van der Waals surface area contributed by atoms with Crippen molar-refractivity contribution in [2.45, 2.75) is 47.6 Å². The Bertz CT molecular complexity index is 682. The molecule has 0 aliphatic heterocycles. The molecule has 131 valence electrons. The van der Waals surface area contributed by atoms with Gasteiger partial charge in [-0.2, -0.15) is 5.10 Å². The molecule has 0 spiro atoms.